The van der Waals surface area contributed by atoms with Crippen LogP contribution in [-0.4, -0.2) is 22.1 Å². The fourth-order valence-electron chi connectivity index (χ4n) is 3.21. The molecule has 0 unspecified atom stereocenters. The molecule has 0 spiro atoms. The number of piperidine rings is 1. The van der Waals surface area contributed by atoms with E-state index < -0.39 is 0 Å². The van der Waals surface area contributed by atoms with Gasteiger partial charge in [0, 0.05) is 6.08 Å². The number of carbonyl (C=O) groups is 1. The van der Waals surface area contributed by atoms with Crippen LogP contribution in [0.3, 0.4) is 0 Å². The third-order valence-electron chi connectivity index (χ3n) is 4.29. The maximum Gasteiger partial charge on any atom is 0.349 e. The summed E-state index contributed by atoms with van der Waals surface area (Å²) in [5.74, 6) is -0.328. The van der Waals surface area contributed by atoms with E-state index in [0.29, 0.717) is 0 Å². The van der Waals surface area contributed by atoms with Crippen molar-refractivity contribution in [1.29, 1.82) is 0 Å². The zero-order chi connectivity index (χ0) is 16.9. The minimum atomic E-state index is -0.328. The summed E-state index contributed by atoms with van der Waals surface area (Å²) in [4.78, 5) is 17.8. The van der Waals surface area contributed by atoms with Crippen molar-refractivity contribution in [3.8, 4) is 0 Å². The molecule has 0 radical (unpaired) electrons. The summed E-state index contributed by atoms with van der Waals surface area (Å²) in [7, 11) is 0. The molecule has 23 heavy (non-hydrogen) atoms. The topological polar surface area (TPSA) is 29.5 Å². The first-order chi connectivity index (χ1) is 10.8. The van der Waals surface area contributed by atoms with Crippen molar-refractivity contribution in [2.24, 2.45) is 0 Å². The summed E-state index contributed by atoms with van der Waals surface area (Å²) >= 11 is 0. The quantitative estimate of drug-likeness (QED) is 0.593. The molecule has 0 atom stereocenters. The highest BCUT2D eigenvalue weighted by Crippen LogP contribution is 2.38. The molecule has 0 amide bonds. The van der Waals surface area contributed by atoms with Crippen molar-refractivity contribution in [2.75, 3.05) is 0 Å². The Morgan fingerprint density at radius 1 is 1.04 bits per heavy atom. The third kappa shape index (κ3) is 4.80. The Hall–Kier alpha value is -1.87. The van der Waals surface area contributed by atoms with Crippen molar-refractivity contribution in [3.63, 3.8) is 0 Å². The molecule has 1 aromatic rings. The fraction of sp³-hybridized carbons (Fsp3) is 0.450. The second-order valence-electron chi connectivity index (χ2n) is 7.31. The zero-order valence-corrected chi connectivity index (χ0v) is 14.6. The Kier molecular flexibility index (Phi) is 5.42. The minimum Gasteiger partial charge on any atom is -0.363 e. The van der Waals surface area contributed by atoms with E-state index in [4.69, 9.17) is 4.84 Å². The Labute approximate surface area is 139 Å². The number of nitrogens with zero attached hydrogens (tertiary/aromatic N) is 1. The van der Waals surface area contributed by atoms with Crippen molar-refractivity contribution < 1.29 is 9.63 Å². The molecule has 0 N–H and O–H groups in total. The van der Waals surface area contributed by atoms with E-state index in [9.17, 15) is 4.79 Å². The molecule has 124 valence electrons. The van der Waals surface area contributed by atoms with Gasteiger partial charge in [0.2, 0.25) is 0 Å². The summed E-state index contributed by atoms with van der Waals surface area (Å²) in [5.41, 5.74) is 0.833. The molecular weight excluding hydrogens is 286 g/mol. The smallest absolute Gasteiger partial charge is 0.349 e. The predicted octanol–water partition coefficient (Wildman–Crippen LogP) is 4.76. The van der Waals surface area contributed by atoms with Gasteiger partial charge in [-0.1, -0.05) is 48.6 Å². The summed E-state index contributed by atoms with van der Waals surface area (Å²) in [6.07, 6.45) is 10.2. The maximum absolute atomic E-state index is 12.1. The monoisotopic (exact) mass is 313 g/mol. The van der Waals surface area contributed by atoms with Gasteiger partial charge in [-0.05, 0) is 52.5 Å². The summed E-state index contributed by atoms with van der Waals surface area (Å²) in [6.45, 7) is 8.50. The van der Waals surface area contributed by atoms with Gasteiger partial charge in [0.1, 0.15) is 0 Å². The van der Waals surface area contributed by atoms with Crippen molar-refractivity contribution in [1.82, 2.24) is 5.06 Å². The summed E-state index contributed by atoms with van der Waals surface area (Å²) in [5, 5.41) is 1.87. The van der Waals surface area contributed by atoms with Gasteiger partial charge in [-0.2, -0.15) is 0 Å². The van der Waals surface area contributed by atoms with Crippen LogP contribution in [-0.2, 0) is 9.63 Å². The lowest BCUT2D eigenvalue weighted by Crippen LogP contribution is -2.58. The lowest BCUT2D eigenvalue weighted by Gasteiger charge is -2.50. The van der Waals surface area contributed by atoms with Gasteiger partial charge in [-0.3, -0.25) is 0 Å². The Morgan fingerprint density at radius 2 is 1.65 bits per heavy atom. The number of hydroxylamine groups is 2. The lowest BCUT2D eigenvalue weighted by atomic mass is 9.82. The first-order valence-electron chi connectivity index (χ1n) is 8.23. The van der Waals surface area contributed by atoms with Crippen LogP contribution >= 0.6 is 0 Å². The number of rotatable bonds is 4. The third-order valence-corrected chi connectivity index (χ3v) is 4.29. The molecule has 3 heteroatoms. The molecular formula is C20H27NO2. The molecule has 1 fully saturated rings. The first kappa shape index (κ1) is 17.5. The van der Waals surface area contributed by atoms with Crippen LogP contribution in [0, 0.1) is 0 Å². The summed E-state index contributed by atoms with van der Waals surface area (Å²) in [6, 6.07) is 9.98. The van der Waals surface area contributed by atoms with E-state index in [1.54, 1.807) is 6.08 Å². The molecule has 1 saturated heterocycles. The molecule has 1 aliphatic rings. The highest BCUT2D eigenvalue weighted by atomic mass is 16.7. The SMILES string of the molecule is CC1(C)CCCC(C)(C)N1OC(=O)/C=C\C=C\c1ccccc1. The molecule has 1 heterocycles. The largest absolute Gasteiger partial charge is 0.363 e. The minimum absolute atomic E-state index is 0.134. The highest BCUT2D eigenvalue weighted by molar-refractivity contribution is 5.82. The molecule has 0 aliphatic carbocycles. The van der Waals surface area contributed by atoms with Crippen LogP contribution < -0.4 is 0 Å². The fourth-order valence-corrected chi connectivity index (χ4v) is 3.21. The normalized spacial score (nSPS) is 20.9. The van der Waals surface area contributed by atoms with Gasteiger partial charge in [0.05, 0.1) is 11.1 Å². The van der Waals surface area contributed by atoms with E-state index in [-0.39, 0.29) is 17.0 Å². The van der Waals surface area contributed by atoms with E-state index in [1.807, 2.05) is 47.5 Å². The number of carbonyl (C=O) groups excluding carboxylic acids is 1. The van der Waals surface area contributed by atoms with Gasteiger partial charge < -0.3 is 4.84 Å². The molecule has 0 bridgehead atoms. The second kappa shape index (κ2) is 7.14. The first-order valence-corrected chi connectivity index (χ1v) is 8.23. The lowest BCUT2D eigenvalue weighted by molar-refractivity contribution is -0.261. The van der Waals surface area contributed by atoms with Crippen LogP contribution in [0.4, 0.5) is 0 Å². The number of hydrogen-bond donors (Lipinski definition) is 0. The molecule has 0 saturated carbocycles. The van der Waals surface area contributed by atoms with Gasteiger partial charge >= 0.3 is 5.97 Å². The maximum atomic E-state index is 12.1. The zero-order valence-electron chi connectivity index (χ0n) is 14.6. The molecule has 1 aliphatic heterocycles. The average molecular weight is 313 g/mol. The average Bonchev–Trinajstić information content (AvgIpc) is 2.48. The van der Waals surface area contributed by atoms with Gasteiger partial charge in [0.25, 0.3) is 0 Å². The Balaban J connectivity index is 1.95. The summed E-state index contributed by atoms with van der Waals surface area (Å²) < 4.78 is 0. The van der Waals surface area contributed by atoms with E-state index in [2.05, 4.69) is 27.7 Å². The van der Waals surface area contributed by atoms with Crippen LogP contribution in [0.25, 0.3) is 6.08 Å². The van der Waals surface area contributed by atoms with Gasteiger partial charge in [0.15, 0.2) is 0 Å². The van der Waals surface area contributed by atoms with Crippen LogP contribution in [0.5, 0.6) is 0 Å². The van der Waals surface area contributed by atoms with Gasteiger partial charge in [-0.15, -0.1) is 5.06 Å². The predicted molar refractivity (Wildman–Crippen MR) is 94.6 cm³/mol. The van der Waals surface area contributed by atoms with Crippen molar-refractivity contribution >= 4 is 12.0 Å². The standard InChI is InChI=1S/C20H27NO2/c1-19(2)15-10-16-20(3,4)21(19)23-18(22)14-9-8-13-17-11-6-5-7-12-17/h5-9,11-14H,10,15-16H2,1-4H3/b13-8+,14-9-. The van der Waals surface area contributed by atoms with E-state index in [1.165, 1.54) is 6.08 Å². The van der Waals surface area contributed by atoms with Crippen LogP contribution in [0.15, 0.2) is 48.6 Å². The molecule has 1 aromatic carbocycles. The molecule has 0 aromatic heterocycles. The molecule has 2 rings (SSSR count). The second-order valence-corrected chi connectivity index (χ2v) is 7.31. The van der Waals surface area contributed by atoms with Crippen LogP contribution in [0.2, 0.25) is 0 Å². The number of hydrogen-bond acceptors (Lipinski definition) is 3. The van der Waals surface area contributed by atoms with Crippen molar-refractivity contribution in [3.05, 3.63) is 54.1 Å². The Morgan fingerprint density at radius 3 is 2.26 bits per heavy atom. The highest BCUT2D eigenvalue weighted by Gasteiger charge is 2.44. The Bertz CT molecular complexity index is 569. The molecule has 3 nitrogen and oxygen atoms in total. The van der Waals surface area contributed by atoms with Crippen LogP contribution in [0.1, 0.15) is 52.5 Å². The van der Waals surface area contributed by atoms with E-state index >= 15 is 0 Å². The number of allylic oxidation sites excluding steroid dienone is 2. The number of benzene rings is 1. The van der Waals surface area contributed by atoms with Crippen molar-refractivity contribution in [2.45, 2.75) is 58.0 Å². The van der Waals surface area contributed by atoms with Gasteiger partial charge in [-0.25, -0.2) is 4.79 Å². The van der Waals surface area contributed by atoms with E-state index in [0.717, 1.165) is 24.8 Å².